The van der Waals surface area contributed by atoms with Gasteiger partial charge in [0.25, 0.3) is 0 Å². The molecule has 0 aromatic carbocycles. The predicted octanol–water partition coefficient (Wildman–Crippen LogP) is 1.60. The van der Waals surface area contributed by atoms with Gasteiger partial charge in [0, 0.05) is 19.3 Å². The van der Waals surface area contributed by atoms with Crippen LogP contribution in [0.4, 0.5) is 0 Å². The Morgan fingerprint density at radius 3 is 3.08 bits per heavy atom. The van der Waals surface area contributed by atoms with Crippen LogP contribution in [0.3, 0.4) is 0 Å². The summed E-state index contributed by atoms with van der Waals surface area (Å²) in [7, 11) is 2.18. The fourth-order valence-electron chi connectivity index (χ4n) is 1.88. The largest absolute Gasteiger partial charge is 0.306 e. The van der Waals surface area contributed by atoms with E-state index in [2.05, 4.69) is 33.0 Å². The minimum Gasteiger partial charge on any atom is -0.306 e. The molecule has 1 unspecified atom stereocenters. The lowest BCUT2D eigenvalue weighted by molar-refractivity contribution is 0.370. The Bertz CT molecular complexity index is 284. The maximum absolute atomic E-state index is 4.26. The lowest BCUT2D eigenvalue weighted by atomic mass is 10.1. The second-order valence-corrected chi connectivity index (χ2v) is 4.71. The minimum absolute atomic E-state index is 0.775. The second kappa shape index (κ2) is 3.80. The summed E-state index contributed by atoms with van der Waals surface area (Å²) in [6.07, 6.45) is 5.19. The summed E-state index contributed by atoms with van der Waals surface area (Å²) in [6.45, 7) is 3.49. The lowest BCUT2D eigenvalue weighted by Gasteiger charge is -2.09. The van der Waals surface area contributed by atoms with Crippen LogP contribution < -0.4 is 0 Å². The highest BCUT2D eigenvalue weighted by Crippen LogP contribution is 2.17. The van der Waals surface area contributed by atoms with Crippen LogP contribution in [0.2, 0.25) is 0 Å². The topological polar surface area (TPSA) is 21.1 Å². The highest BCUT2D eigenvalue weighted by Gasteiger charge is 2.19. The van der Waals surface area contributed by atoms with Crippen LogP contribution in [-0.2, 0) is 6.54 Å². The third kappa shape index (κ3) is 2.31. The van der Waals surface area contributed by atoms with Crippen molar-refractivity contribution in [2.45, 2.75) is 13.0 Å². The van der Waals surface area contributed by atoms with E-state index in [4.69, 9.17) is 0 Å². The zero-order valence-electron chi connectivity index (χ0n) is 7.78. The van der Waals surface area contributed by atoms with E-state index < -0.39 is 0 Å². The normalized spacial score (nSPS) is 24.0. The van der Waals surface area contributed by atoms with E-state index in [9.17, 15) is 0 Å². The Kier molecular flexibility index (Phi) is 2.69. The molecular formula is C9H14BrN3. The van der Waals surface area contributed by atoms with Gasteiger partial charge in [0.1, 0.15) is 0 Å². The zero-order chi connectivity index (χ0) is 9.26. The first-order chi connectivity index (χ1) is 6.24. The van der Waals surface area contributed by atoms with Crippen LogP contribution in [-0.4, -0.2) is 34.8 Å². The van der Waals surface area contributed by atoms with Crippen molar-refractivity contribution in [3.63, 3.8) is 0 Å². The van der Waals surface area contributed by atoms with Crippen molar-refractivity contribution >= 4 is 15.9 Å². The van der Waals surface area contributed by atoms with Crippen LogP contribution >= 0.6 is 15.9 Å². The molecule has 4 heteroatoms. The molecule has 0 spiro atoms. The van der Waals surface area contributed by atoms with Crippen molar-refractivity contribution in [2.75, 3.05) is 20.1 Å². The zero-order valence-corrected chi connectivity index (χ0v) is 9.37. The Morgan fingerprint density at radius 2 is 2.54 bits per heavy atom. The first kappa shape index (κ1) is 9.21. The molecule has 1 aromatic heterocycles. The number of rotatable bonds is 2. The van der Waals surface area contributed by atoms with E-state index in [1.807, 2.05) is 17.1 Å². The standard InChI is InChI=1S/C9H14BrN3/c1-12-3-2-8(5-12)6-13-7-9(10)4-11-13/h4,7-8H,2-3,5-6H2,1H3. The molecule has 72 valence electrons. The molecule has 1 saturated heterocycles. The first-order valence-electron chi connectivity index (χ1n) is 4.60. The molecule has 1 fully saturated rings. The van der Waals surface area contributed by atoms with Gasteiger partial charge in [0.15, 0.2) is 0 Å². The summed E-state index contributed by atoms with van der Waals surface area (Å²) >= 11 is 3.40. The molecular weight excluding hydrogens is 230 g/mol. The van der Waals surface area contributed by atoms with Crippen molar-refractivity contribution in [2.24, 2.45) is 5.92 Å². The van der Waals surface area contributed by atoms with Gasteiger partial charge in [0.05, 0.1) is 10.7 Å². The molecule has 0 bridgehead atoms. The molecule has 1 aliphatic heterocycles. The molecule has 0 aliphatic carbocycles. The van der Waals surface area contributed by atoms with E-state index in [0.717, 1.165) is 16.9 Å². The van der Waals surface area contributed by atoms with Crippen LogP contribution in [0.25, 0.3) is 0 Å². The van der Waals surface area contributed by atoms with Gasteiger partial charge in [-0.05, 0) is 41.9 Å². The molecule has 2 rings (SSSR count). The van der Waals surface area contributed by atoms with Crippen molar-refractivity contribution in [1.82, 2.24) is 14.7 Å². The Hall–Kier alpha value is -0.350. The van der Waals surface area contributed by atoms with E-state index in [1.54, 1.807) is 0 Å². The average molecular weight is 244 g/mol. The summed E-state index contributed by atoms with van der Waals surface area (Å²) in [5.41, 5.74) is 0. The number of hydrogen-bond donors (Lipinski definition) is 0. The van der Waals surface area contributed by atoms with Crippen LogP contribution in [0.5, 0.6) is 0 Å². The summed E-state index contributed by atoms with van der Waals surface area (Å²) < 4.78 is 3.09. The van der Waals surface area contributed by atoms with E-state index in [1.165, 1.54) is 19.5 Å². The van der Waals surface area contributed by atoms with Gasteiger partial charge in [-0.15, -0.1) is 0 Å². The summed E-state index contributed by atoms with van der Waals surface area (Å²) in [4.78, 5) is 2.38. The Labute approximate surface area is 86.8 Å². The number of hydrogen-bond acceptors (Lipinski definition) is 2. The summed E-state index contributed by atoms with van der Waals surface area (Å²) in [5, 5.41) is 4.26. The van der Waals surface area contributed by atoms with Crippen LogP contribution in [0.1, 0.15) is 6.42 Å². The molecule has 1 atom stereocenters. The van der Waals surface area contributed by atoms with Crippen molar-refractivity contribution in [3.05, 3.63) is 16.9 Å². The highest BCUT2D eigenvalue weighted by atomic mass is 79.9. The van der Waals surface area contributed by atoms with E-state index in [-0.39, 0.29) is 0 Å². The average Bonchev–Trinajstić information content (AvgIpc) is 2.62. The second-order valence-electron chi connectivity index (χ2n) is 3.80. The molecule has 3 nitrogen and oxygen atoms in total. The fraction of sp³-hybridized carbons (Fsp3) is 0.667. The molecule has 1 aliphatic rings. The Balaban J connectivity index is 1.91. The molecule has 0 N–H and O–H groups in total. The molecule has 1 aromatic rings. The molecule has 0 radical (unpaired) electrons. The van der Waals surface area contributed by atoms with Crippen molar-refractivity contribution in [3.8, 4) is 0 Å². The van der Waals surface area contributed by atoms with Gasteiger partial charge in [-0.25, -0.2) is 0 Å². The van der Waals surface area contributed by atoms with Crippen LogP contribution in [0, 0.1) is 5.92 Å². The van der Waals surface area contributed by atoms with Gasteiger partial charge in [-0.1, -0.05) is 0 Å². The predicted molar refractivity (Wildman–Crippen MR) is 55.5 cm³/mol. The monoisotopic (exact) mass is 243 g/mol. The van der Waals surface area contributed by atoms with Crippen molar-refractivity contribution < 1.29 is 0 Å². The van der Waals surface area contributed by atoms with Gasteiger partial charge in [-0.3, -0.25) is 4.68 Å². The maximum Gasteiger partial charge on any atom is 0.0632 e. The number of likely N-dealkylation sites (tertiary alicyclic amines) is 1. The number of halogens is 1. The molecule has 2 heterocycles. The number of nitrogens with zero attached hydrogens (tertiary/aromatic N) is 3. The lowest BCUT2D eigenvalue weighted by Crippen LogP contribution is -2.17. The first-order valence-corrected chi connectivity index (χ1v) is 5.40. The SMILES string of the molecule is CN1CCC(Cn2cc(Br)cn2)C1. The Morgan fingerprint density at radius 1 is 1.69 bits per heavy atom. The molecule has 0 amide bonds. The molecule has 13 heavy (non-hydrogen) atoms. The third-order valence-electron chi connectivity index (χ3n) is 2.54. The third-order valence-corrected chi connectivity index (χ3v) is 2.95. The van der Waals surface area contributed by atoms with Crippen LogP contribution in [0.15, 0.2) is 16.9 Å². The van der Waals surface area contributed by atoms with Gasteiger partial charge < -0.3 is 4.90 Å². The van der Waals surface area contributed by atoms with Gasteiger partial charge in [0.2, 0.25) is 0 Å². The van der Waals surface area contributed by atoms with Gasteiger partial charge >= 0.3 is 0 Å². The maximum atomic E-state index is 4.26. The number of aromatic nitrogens is 2. The highest BCUT2D eigenvalue weighted by molar-refractivity contribution is 9.10. The minimum atomic E-state index is 0.775. The summed E-state index contributed by atoms with van der Waals surface area (Å²) in [5.74, 6) is 0.775. The molecule has 0 saturated carbocycles. The quantitative estimate of drug-likeness (QED) is 0.787. The summed E-state index contributed by atoms with van der Waals surface area (Å²) in [6, 6.07) is 0. The van der Waals surface area contributed by atoms with E-state index >= 15 is 0 Å². The fourth-order valence-corrected chi connectivity index (χ4v) is 2.21. The smallest absolute Gasteiger partial charge is 0.0632 e. The van der Waals surface area contributed by atoms with E-state index in [0.29, 0.717) is 0 Å². The van der Waals surface area contributed by atoms with Crippen molar-refractivity contribution in [1.29, 1.82) is 0 Å². The van der Waals surface area contributed by atoms with Gasteiger partial charge in [-0.2, -0.15) is 5.10 Å².